The first kappa shape index (κ1) is 18.3. The zero-order valence-corrected chi connectivity index (χ0v) is 14.4. The summed E-state index contributed by atoms with van der Waals surface area (Å²) in [4.78, 5) is 25.3. The van der Waals surface area contributed by atoms with Crippen LogP contribution < -0.4 is 10.6 Å². The van der Waals surface area contributed by atoms with Gasteiger partial charge >= 0.3 is 5.97 Å². The van der Waals surface area contributed by atoms with Gasteiger partial charge in [-0.3, -0.25) is 4.79 Å². The lowest BCUT2D eigenvalue weighted by Gasteiger charge is -2.10. The molecule has 1 aromatic carbocycles. The highest BCUT2D eigenvalue weighted by atomic mass is 16.5. The number of esters is 1. The maximum Gasteiger partial charge on any atom is 0.337 e. The van der Waals surface area contributed by atoms with E-state index in [-0.39, 0.29) is 11.6 Å². The second-order valence-corrected chi connectivity index (χ2v) is 5.56. The number of aromatic nitrogens is 2. The number of anilines is 2. The molecule has 0 bridgehead atoms. The van der Waals surface area contributed by atoms with Crippen molar-refractivity contribution < 1.29 is 14.3 Å². The zero-order chi connectivity index (χ0) is 18.2. The standard InChI is InChI=1S/C17H21N5O3/c1-22(2)11-10-18-16(23)14-8-9-15(21-20-14)19-13-6-4-12(5-7-13)17(24)25-3/h4-9H,10-11H2,1-3H3,(H,18,23)(H,19,21). The molecule has 0 fully saturated rings. The Hall–Kier alpha value is -3.00. The molecular formula is C17H21N5O3. The molecule has 0 saturated heterocycles. The van der Waals surface area contributed by atoms with Crippen LogP contribution in [0.2, 0.25) is 0 Å². The highest BCUT2D eigenvalue weighted by molar-refractivity contribution is 5.92. The Kier molecular flexibility index (Phi) is 6.41. The van der Waals surface area contributed by atoms with E-state index in [0.717, 1.165) is 12.2 Å². The molecule has 1 amide bonds. The van der Waals surface area contributed by atoms with E-state index in [9.17, 15) is 9.59 Å². The number of benzene rings is 1. The fourth-order valence-electron chi connectivity index (χ4n) is 1.96. The van der Waals surface area contributed by atoms with Gasteiger partial charge in [-0.25, -0.2) is 4.79 Å². The predicted octanol–water partition coefficient (Wildman–Crippen LogP) is 1.30. The summed E-state index contributed by atoms with van der Waals surface area (Å²) in [5, 5.41) is 13.7. The third-order valence-electron chi connectivity index (χ3n) is 3.32. The molecule has 132 valence electrons. The zero-order valence-electron chi connectivity index (χ0n) is 14.4. The number of nitrogens with zero attached hydrogens (tertiary/aromatic N) is 3. The molecule has 0 aliphatic rings. The largest absolute Gasteiger partial charge is 0.465 e. The van der Waals surface area contributed by atoms with Crippen LogP contribution in [0.3, 0.4) is 0 Å². The van der Waals surface area contributed by atoms with Crippen molar-refractivity contribution in [3.63, 3.8) is 0 Å². The lowest BCUT2D eigenvalue weighted by atomic mass is 10.2. The van der Waals surface area contributed by atoms with Crippen LogP contribution in [0.5, 0.6) is 0 Å². The van der Waals surface area contributed by atoms with Crippen molar-refractivity contribution in [3.8, 4) is 0 Å². The van der Waals surface area contributed by atoms with E-state index in [1.807, 2.05) is 19.0 Å². The summed E-state index contributed by atoms with van der Waals surface area (Å²) in [6.07, 6.45) is 0. The third-order valence-corrected chi connectivity index (χ3v) is 3.32. The van der Waals surface area contributed by atoms with E-state index in [1.54, 1.807) is 36.4 Å². The second-order valence-electron chi connectivity index (χ2n) is 5.56. The highest BCUT2D eigenvalue weighted by Gasteiger charge is 2.08. The van der Waals surface area contributed by atoms with E-state index >= 15 is 0 Å². The summed E-state index contributed by atoms with van der Waals surface area (Å²) in [6.45, 7) is 1.29. The number of hydrogen-bond acceptors (Lipinski definition) is 7. The molecule has 2 rings (SSSR count). The number of rotatable bonds is 7. The number of methoxy groups -OCH3 is 1. The van der Waals surface area contributed by atoms with Crippen molar-refractivity contribution in [3.05, 3.63) is 47.7 Å². The van der Waals surface area contributed by atoms with Crippen molar-refractivity contribution >= 4 is 23.4 Å². The minimum Gasteiger partial charge on any atom is -0.465 e. The highest BCUT2D eigenvalue weighted by Crippen LogP contribution is 2.15. The van der Waals surface area contributed by atoms with Gasteiger partial charge in [0, 0.05) is 18.8 Å². The molecule has 0 aliphatic carbocycles. The van der Waals surface area contributed by atoms with Gasteiger partial charge in [0.05, 0.1) is 12.7 Å². The van der Waals surface area contributed by atoms with Gasteiger partial charge in [0.15, 0.2) is 11.5 Å². The van der Waals surface area contributed by atoms with Crippen molar-refractivity contribution in [1.29, 1.82) is 0 Å². The molecule has 0 unspecified atom stereocenters. The van der Waals surface area contributed by atoms with E-state index in [2.05, 4.69) is 25.6 Å². The van der Waals surface area contributed by atoms with Crippen LogP contribution in [0.1, 0.15) is 20.8 Å². The Morgan fingerprint density at radius 3 is 2.36 bits per heavy atom. The van der Waals surface area contributed by atoms with E-state index in [1.165, 1.54) is 7.11 Å². The first-order valence-corrected chi connectivity index (χ1v) is 7.71. The summed E-state index contributed by atoms with van der Waals surface area (Å²) in [7, 11) is 5.20. The lowest BCUT2D eigenvalue weighted by molar-refractivity contribution is 0.0600. The second kappa shape index (κ2) is 8.74. The molecule has 0 atom stereocenters. The summed E-state index contributed by atoms with van der Waals surface area (Å²) in [5.41, 5.74) is 1.46. The van der Waals surface area contributed by atoms with Gasteiger partial charge in [-0.2, -0.15) is 0 Å². The molecule has 1 heterocycles. The normalized spacial score (nSPS) is 10.4. The van der Waals surface area contributed by atoms with Gasteiger partial charge in [0.25, 0.3) is 5.91 Å². The smallest absolute Gasteiger partial charge is 0.337 e. The molecule has 0 spiro atoms. The van der Waals surface area contributed by atoms with Crippen LogP contribution in [0.15, 0.2) is 36.4 Å². The Morgan fingerprint density at radius 1 is 1.08 bits per heavy atom. The van der Waals surface area contributed by atoms with E-state index in [4.69, 9.17) is 0 Å². The number of ether oxygens (including phenoxy) is 1. The van der Waals surface area contributed by atoms with Crippen LogP contribution in [0, 0.1) is 0 Å². The molecule has 8 heteroatoms. The van der Waals surface area contributed by atoms with Crippen molar-refractivity contribution in [2.24, 2.45) is 0 Å². The molecule has 2 aromatic rings. The van der Waals surface area contributed by atoms with Crippen LogP contribution in [-0.4, -0.2) is 61.3 Å². The van der Waals surface area contributed by atoms with E-state index in [0.29, 0.717) is 17.9 Å². The van der Waals surface area contributed by atoms with Crippen LogP contribution in [0.25, 0.3) is 0 Å². The number of amides is 1. The maximum atomic E-state index is 11.9. The Balaban J connectivity index is 1.93. The molecule has 2 N–H and O–H groups in total. The minimum atomic E-state index is -0.393. The van der Waals surface area contributed by atoms with Gasteiger partial charge in [-0.05, 0) is 50.5 Å². The van der Waals surface area contributed by atoms with Crippen molar-refractivity contribution in [2.75, 3.05) is 39.6 Å². The number of hydrogen-bond donors (Lipinski definition) is 2. The van der Waals surface area contributed by atoms with E-state index < -0.39 is 5.97 Å². The average Bonchev–Trinajstić information content (AvgIpc) is 2.62. The lowest BCUT2D eigenvalue weighted by Crippen LogP contribution is -2.31. The quantitative estimate of drug-likeness (QED) is 0.731. The van der Waals surface area contributed by atoms with Gasteiger partial charge in [-0.15, -0.1) is 10.2 Å². The van der Waals surface area contributed by atoms with Gasteiger partial charge < -0.3 is 20.3 Å². The molecule has 0 saturated carbocycles. The van der Waals surface area contributed by atoms with Gasteiger partial charge in [-0.1, -0.05) is 0 Å². The fourth-order valence-corrected chi connectivity index (χ4v) is 1.96. The van der Waals surface area contributed by atoms with Crippen LogP contribution in [-0.2, 0) is 4.74 Å². The minimum absolute atomic E-state index is 0.255. The van der Waals surface area contributed by atoms with Crippen LogP contribution >= 0.6 is 0 Å². The summed E-state index contributed by atoms with van der Waals surface area (Å²) < 4.78 is 4.65. The molecule has 25 heavy (non-hydrogen) atoms. The average molecular weight is 343 g/mol. The maximum absolute atomic E-state index is 11.9. The molecule has 1 aromatic heterocycles. The SMILES string of the molecule is COC(=O)c1ccc(Nc2ccc(C(=O)NCCN(C)C)nn2)cc1. The summed E-state index contributed by atoms with van der Waals surface area (Å²) in [5.74, 6) is -0.157. The number of nitrogens with one attached hydrogen (secondary N) is 2. The predicted molar refractivity (Wildman–Crippen MR) is 94.0 cm³/mol. The van der Waals surface area contributed by atoms with Crippen molar-refractivity contribution in [2.45, 2.75) is 0 Å². The van der Waals surface area contributed by atoms with Crippen LogP contribution in [0.4, 0.5) is 11.5 Å². The topological polar surface area (TPSA) is 96.4 Å². The third kappa shape index (κ3) is 5.54. The molecule has 0 aliphatic heterocycles. The first-order valence-electron chi connectivity index (χ1n) is 7.71. The number of carbonyl (C=O) groups excluding carboxylic acids is 2. The summed E-state index contributed by atoms with van der Waals surface area (Å²) >= 11 is 0. The molecule has 8 nitrogen and oxygen atoms in total. The Bertz CT molecular complexity index is 714. The Morgan fingerprint density at radius 2 is 1.80 bits per heavy atom. The number of carbonyl (C=O) groups is 2. The summed E-state index contributed by atoms with van der Waals surface area (Å²) in [6, 6.07) is 10.0. The Labute approximate surface area is 146 Å². The van der Waals surface area contributed by atoms with Crippen molar-refractivity contribution in [1.82, 2.24) is 20.4 Å². The fraction of sp³-hybridized carbons (Fsp3) is 0.294. The molecule has 0 radical (unpaired) electrons. The monoisotopic (exact) mass is 343 g/mol. The van der Waals surface area contributed by atoms with Gasteiger partial charge in [0.1, 0.15) is 0 Å². The first-order chi connectivity index (χ1) is 12.0. The number of likely N-dealkylation sites (N-methyl/N-ethyl adjacent to an activating group) is 1. The van der Waals surface area contributed by atoms with Gasteiger partial charge in [0.2, 0.25) is 0 Å². The molecular weight excluding hydrogens is 322 g/mol.